The molecule has 2 aliphatic rings. The predicted molar refractivity (Wildman–Crippen MR) is 113 cm³/mol. The van der Waals surface area contributed by atoms with Crippen LogP contribution in [0.1, 0.15) is 40.5 Å². The molecule has 0 aliphatic carbocycles. The zero-order valence-electron chi connectivity index (χ0n) is 16.5. The Morgan fingerprint density at radius 1 is 1.13 bits per heavy atom. The lowest BCUT2D eigenvalue weighted by Crippen LogP contribution is -2.30. The van der Waals surface area contributed by atoms with Crippen LogP contribution in [0.15, 0.2) is 53.4 Å². The third-order valence-corrected chi connectivity index (χ3v) is 6.07. The number of amides is 1. The molecule has 2 aromatic carbocycles. The average molecular weight is 423 g/mol. The second-order valence-electron chi connectivity index (χ2n) is 7.35. The fourth-order valence-corrected chi connectivity index (χ4v) is 4.49. The molecular formula is C23H22N2O4S. The van der Waals surface area contributed by atoms with Gasteiger partial charge in [0.25, 0.3) is 5.91 Å². The van der Waals surface area contributed by atoms with Gasteiger partial charge < -0.3 is 19.1 Å². The van der Waals surface area contributed by atoms with Crippen LogP contribution < -0.4 is 14.2 Å². The Kier molecular flexibility index (Phi) is 5.27. The summed E-state index contributed by atoms with van der Waals surface area (Å²) in [6.07, 6.45) is 1.93. The first kappa shape index (κ1) is 18.9. The number of nitrogens with zero attached hydrogens (tertiary/aromatic N) is 2. The van der Waals surface area contributed by atoms with Gasteiger partial charge >= 0.3 is 0 Å². The van der Waals surface area contributed by atoms with E-state index < -0.39 is 0 Å². The maximum atomic E-state index is 13.2. The Morgan fingerprint density at radius 2 is 1.97 bits per heavy atom. The van der Waals surface area contributed by atoms with E-state index in [1.807, 2.05) is 52.7 Å². The van der Waals surface area contributed by atoms with Crippen molar-refractivity contribution in [1.82, 2.24) is 9.88 Å². The van der Waals surface area contributed by atoms with Crippen molar-refractivity contribution in [3.8, 4) is 17.2 Å². The maximum absolute atomic E-state index is 13.2. The quantitative estimate of drug-likeness (QED) is 0.607. The fourth-order valence-electron chi connectivity index (χ4n) is 3.95. The molecule has 0 N–H and O–H groups in total. The van der Waals surface area contributed by atoms with Gasteiger partial charge in [0.2, 0.25) is 0 Å². The fraction of sp³-hybridized carbons (Fsp3) is 0.304. The molecule has 1 saturated heterocycles. The molecule has 7 heteroatoms. The molecule has 1 aromatic heterocycles. The standard InChI is InChI=1S/C23H22N2O4S/c26-23(16-3-6-19(7-4-16)29-13-18-14-30-15-24-18)25-9-1-2-20(25)17-5-8-21-22(12-17)28-11-10-27-21/h3-8,12,14-15,20H,1-2,9-11,13H2/t20-/m1/s1. The Morgan fingerprint density at radius 3 is 2.77 bits per heavy atom. The molecule has 1 amide bonds. The molecule has 5 rings (SSSR count). The van der Waals surface area contributed by atoms with Crippen molar-refractivity contribution in [1.29, 1.82) is 0 Å². The molecule has 30 heavy (non-hydrogen) atoms. The minimum Gasteiger partial charge on any atom is -0.487 e. The van der Waals surface area contributed by atoms with Gasteiger partial charge in [-0.15, -0.1) is 11.3 Å². The summed E-state index contributed by atoms with van der Waals surface area (Å²) in [7, 11) is 0. The highest BCUT2D eigenvalue weighted by Crippen LogP contribution is 2.38. The Bertz CT molecular complexity index is 1020. The van der Waals surface area contributed by atoms with E-state index in [-0.39, 0.29) is 11.9 Å². The summed E-state index contributed by atoms with van der Waals surface area (Å²) in [5.41, 5.74) is 4.45. The van der Waals surface area contributed by atoms with Crippen molar-refractivity contribution in [2.45, 2.75) is 25.5 Å². The van der Waals surface area contributed by atoms with Gasteiger partial charge in [0, 0.05) is 17.5 Å². The minimum atomic E-state index is 0.0402. The third-order valence-electron chi connectivity index (χ3n) is 5.44. The van der Waals surface area contributed by atoms with Crippen LogP contribution in [0.3, 0.4) is 0 Å². The highest BCUT2D eigenvalue weighted by atomic mass is 32.1. The molecule has 0 radical (unpaired) electrons. The van der Waals surface area contributed by atoms with Gasteiger partial charge in [0.15, 0.2) is 11.5 Å². The van der Waals surface area contributed by atoms with Crippen LogP contribution in [-0.2, 0) is 6.61 Å². The summed E-state index contributed by atoms with van der Waals surface area (Å²) < 4.78 is 17.1. The number of rotatable bonds is 5. The zero-order chi connectivity index (χ0) is 20.3. The highest BCUT2D eigenvalue weighted by Gasteiger charge is 2.31. The maximum Gasteiger partial charge on any atom is 0.254 e. The summed E-state index contributed by atoms with van der Waals surface area (Å²) in [5, 5.41) is 1.96. The number of likely N-dealkylation sites (tertiary alicyclic amines) is 1. The van der Waals surface area contributed by atoms with Gasteiger partial charge in [-0.25, -0.2) is 4.98 Å². The normalized spacial score (nSPS) is 17.7. The molecule has 0 spiro atoms. The molecule has 1 fully saturated rings. The number of aromatic nitrogens is 1. The van der Waals surface area contributed by atoms with E-state index in [1.54, 1.807) is 16.8 Å². The van der Waals surface area contributed by atoms with E-state index in [0.29, 0.717) is 25.4 Å². The van der Waals surface area contributed by atoms with Crippen molar-refractivity contribution in [2.75, 3.05) is 19.8 Å². The highest BCUT2D eigenvalue weighted by molar-refractivity contribution is 7.07. The molecular weight excluding hydrogens is 400 g/mol. The molecule has 1 atom stereocenters. The molecule has 3 heterocycles. The summed E-state index contributed by atoms with van der Waals surface area (Å²) in [6.45, 7) is 2.31. The first-order chi connectivity index (χ1) is 14.8. The topological polar surface area (TPSA) is 60.9 Å². The SMILES string of the molecule is O=C(c1ccc(OCc2cscn2)cc1)N1CCC[C@@H]1c1ccc2c(c1)OCCO2. The first-order valence-corrected chi connectivity index (χ1v) is 11.0. The van der Waals surface area contributed by atoms with Gasteiger partial charge in [-0.1, -0.05) is 6.07 Å². The van der Waals surface area contributed by atoms with Crippen LogP contribution in [0.25, 0.3) is 0 Å². The van der Waals surface area contributed by atoms with E-state index in [1.165, 1.54) is 0 Å². The largest absolute Gasteiger partial charge is 0.487 e. The summed E-state index contributed by atoms with van der Waals surface area (Å²) in [6, 6.07) is 13.4. The van der Waals surface area contributed by atoms with Crippen LogP contribution in [-0.4, -0.2) is 35.5 Å². The van der Waals surface area contributed by atoms with Gasteiger partial charge in [0.05, 0.1) is 17.2 Å². The van der Waals surface area contributed by atoms with Crippen LogP contribution in [0, 0.1) is 0 Å². The zero-order valence-corrected chi connectivity index (χ0v) is 17.3. The number of hydrogen-bond acceptors (Lipinski definition) is 6. The average Bonchev–Trinajstić information content (AvgIpc) is 3.49. The van der Waals surface area contributed by atoms with Crippen molar-refractivity contribution >= 4 is 17.2 Å². The van der Waals surface area contributed by atoms with Crippen molar-refractivity contribution in [3.05, 3.63) is 70.2 Å². The van der Waals surface area contributed by atoms with Crippen LogP contribution in [0.5, 0.6) is 17.2 Å². The molecule has 6 nitrogen and oxygen atoms in total. The number of carbonyl (C=O) groups excluding carboxylic acids is 1. The third kappa shape index (κ3) is 3.85. The summed E-state index contributed by atoms with van der Waals surface area (Å²) >= 11 is 1.54. The lowest BCUT2D eigenvalue weighted by Gasteiger charge is -2.27. The molecule has 2 aliphatic heterocycles. The van der Waals surface area contributed by atoms with Gasteiger partial charge in [0.1, 0.15) is 25.6 Å². The second-order valence-corrected chi connectivity index (χ2v) is 8.07. The first-order valence-electron chi connectivity index (χ1n) is 10.1. The molecule has 0 unspecified atom stereocenters. The second kappa shape index (κ2) is 8.36. The number of hydrogen-bond donors (Lipinski definition) is 0. The van der Waals surface area contributed by atoms with Crippen LogP contribution in [0.4, 0.5) is 0 Å². The Hall–Kier alpha value is -3.06. The number of thiazole rings is 1. The van der Waals surface area contributed by atoms with Crippen LogP contribution in [0.2, 0.25) is 0 Å². The molecule has 3 aromatic rings. The Balaban J connectivity index is 1.29. The van der Waals surface area contributed by atoms with Crippen LogP contribution >= 0.6 is 11.3 Å². The molecule has 0 saturated carbocycles. The van der Waals surface area contributed by atoms with E-state index in [9.17, 15) is 4.79 Å². The van der Waals surface area contributed by atoms with E-state index >= 15 is 0 Å². The van der Waals surface area contributed by atoms with E-state index in [0.717, 1.165) is 47.9 Å². The monoisotopic (exact) mass is 422 g/mol. The number of fused-ring (bicyclic) bond motifs is 1. The summed E-state index contributed by atoms with van der Waals surface area (Å²) in [4.78, 5) is 19.4. The number of benzene rings is 2. The lowest BCUT2D eigenvalue weighted by molar-refractivity contribution is 0.0735. The van der Waals surface area contributed by atoms with Gasteiger partial charge in [-0.05, 0) is 54.8 Å². The number of carbonyl (C=O) groups is 1. The minimum absolute atomic E-state index is 0.0402. The van der Waals surface area contributed by atoms with E-state index in [4.69, 9.17) is 14.2 Å². The van der Waals surface area contributed by atoms with Crippen molar-refractivity contribution in [3.63, 3.8) is 0 Å². The van der Waals surface area contributed by atoms with Crippen molar-refractivity contribution < 1.29 is 19.0 Å². The number of ether oxygens (including phenoxy) is 3. The van der Waals surface area contributed by atoms with Gasteiger partial charge in [-0.2, -0.15) is 0 Å². The van der Waals surface area contributed by atoms with Crippen molar-refractivity contribution in [2.24, 2.45) is 0 Å². The molecule has 0 bridgehead atoms. The summed E-state index contributed by atoms with van der Waals surface area (Å²) in [5.74, 6) is 2.30. The molecule has 154 valence electrons. The van der Waals surface area contributed by atoms with Gasteiger partial charge in [-0.3, -0.25) is 4.79 Å². The van der Waals surface area contributed by atoms with E-state index in [2.05, 4.69) is 4.98 Å². The smallest absolute Gasteiger partial charge is 0.254 e. The lowest BCUT2D eigenvalue weighted by atomic mass is 10.0. The Labute approximate surface area is 179 Å². The predicted octanol–water partition coefficient (Wildman–Crippen LogP) is 4.47.